The third-order valence-electron chi connectivity index (χ3n) is 6.53. The van der Waals surface area contributed by atoms with Gasteiger partial charge in [0.1, 0.15) is 12.1 Å². The standard InChI is InChI=1S/C22H25F3N4O4/c23-22(24,25)15-6-3-5-14(11-15)16(12-28-10-4-7-18(28)31)26-17(30)13-29-19(32)21(27-20(29)33)8-1-2-9-21/h3,5-6,11,16H,1-2,4,7-10,12-13H2,(H,26,30)(H,27,33). The van der Waals surface area contributed by atoms with Crippen LogP contribution in [-0.2, 0) is 20.6 Å². The minimum Gasteiger partial charge on any atom is -0.346 e. The number of carbonyl (C=O) groups excluding carboxylic acids is 4. The lowest BCUT2D eigenvalue weighted by Gasteiger charge is -2.26. The Morgan fingerprint density at radius 1 is 1.15 bits per heavy atom. The van der Waals surface area contributed by atoms with Gasteiger partial charge in [0.05, 0.1) is 11.6 Å². The summed E-state index contributed by atoms with van der Waals surface area (Å²) in [6.07, 6.45) is -0.968. The molecule has 5 amide bonds. The first-order chi connectivity index (χ1) is 15.6. The smallest absolute Gasteiger partial charge is 0.346 e. The van der Waals surface area contributed by atoms with Gasteiger partial charge in [0.2, 0.25) is 11.8 Å². The molecule has 1 saturated carbocycles. The first-order valence-corrected chi connectivity index (χ1v) is 11.0. The van der Waals surface area contributed by atoms with Gasteiger partial charge in [-0.15, -0.1) is 0 Å². The fourth-order valence-electron chi connectivity index (χ4n) is 4.80. The fraction of sp³-hybridized carbons (Fsp3) is 0.545. The van der Waals surface area contributed by atoms with Crippen LogP contribution in [0.25, 0.3) is 0 Å². The van der Waals surface area contributed by atoms with E-state index < -0.39 is 47.7 Å². The monoisotopic (exact) mass is 466 g/mol. The number of nitrogens with zero attached hydrogens (tertiary/aromatic N) is 2. The molecule has 4 rings (SSSR count). The van der Waals surface area contributed by atoms with Crippen LogP contribution < -0.4 is 10.6 Å². The maximum atomic E-state index is 13.2. The van der Waals surface area contributed by atoms with Crippen molar-refractivity contribution in [2.45, 2.75) is 56.3 Å². The van der Waals surface area contributed by atoms with Crippen LogP contribution in [0.15, 0.2) is 24.3 Å². The molecular weight excluding hydrogens is 441 g/mol. The average Bonchev–Trinajstić information content (AvgIpc) is 3.45. The van der Waals surface area contributed by atoms with E-state index in [9.17, 15) is 32.3 Å². The maximum absolute atomic E-state index is 13.2. The molecule has 33 heavy (non-hydrogen) atoms. The van der Waals surface area contributed by atoms with Crippen molar-refractivity contribution in [3.05, 3.63) is 35.4 Å². The van der Waals surface area contributed by atoms with Gasteiger partial charge >= 0.3 is 12.2 Å². The molecule has 1 aliphatic carbocycles. The SMILES string of the molecule is O=C(CN1C(=O)NC2(CCCC2)C1=O)NC(CN1CCCC1=O)c1cccc(C(F)(F)F)c1. The third-order valence-corrected chi connectivity index (χ3v) is 6.53. The average molecular weight is 466 g/mol. The zero-order valence-corrected chi connectivity index (χ0v) is 17.9. The van der Waals surface area contributed by atoms with Crippen LogP contribution in [0.3, 0.4) is 0 Å². The molecule has 3 fully saturated rings. The fourth-order valence-corrected chi connectivity index (χ4v) is 4.80. The zero-order valence-electron chi connectivity index (χ0n) is 17.9. The Kier molecular flexibility index (Phi) is 6.06. The number of imide groups is 1. The van der Waals surface area contributed by atoms with Crippen molar-refractivity contribution in [1.82, 2.24) is 20.4 Å². The molecule has 0 aromatic heterocycles. The molecule has 11 heteroatoms. The van der Waals surface area contributed by atoms with Crippen molar-refractivity contribution < 1.29 is 32.3 Å². The summed E-state index contributed by atoms with van der Waals surface area (Å²) in [6.45, 7) is -0.106. The Labute approximate surface area is 188 Å². The maximum Gasteiger partial charge on any atom is 0.416 e. The van der Waals surface area contributed by atoms with E-state index in [-0.39, 0.29) is 18.0 Å². The first-order valence-electron chi connectivity index (χ1n) is 11.0. The molecule has 1 spiro atoms. The van der Waals surface area contributed by atoms with Gasteiger partial charge in [0.25, 0.3) is 5.91 Å². The van der Waals surface area contributed by atoms with Crippen molar-refractivity contribution in [3.8, 4) is 0 Å². The summed E-state index contributed by atoms with van der Waals surface area (Å²) in [4.78, 5) is 52.4. The number of amides is 5. The van der Waals surface area contributed by atoms with Crippen molar-refractivity contribution in [2.24, 2.45) is 0 Å². The summed E-state index contributed by atoms with van der Waals surface area (Å²) in [5, 5.41) is 5.32. The van der Waals surface area contributed by atoms with Crippen LogP contribution in [-0.4, -0.2) is 58.7 Å². The summed E-state index contributed by atoms with van der Waals surface area (Å²) in [6, 6.07) is 2.97. The van der Waals surface area contributed by atoms with E-state index in [1.54, 1.807) is 0 Å². The number of benzene rings is 1. The van der Waals surface area contributed by atoms with Crippen molar-refractivity contribution in [2.75, 3.05) is 19.6 Å². The van der Waals surface area contributed by atoms with E-state index >= 15 is 0 Å². The van der Waals surface area contributed by atoms with Crippen LogP contribution in [0.1, 0.15) is 55.7 Å². The number of rotatable bonds is 6. The van der Waals surface area contributed by atoms with Crippen molar-refractivity contribution in [1.29, 1.82) is 0 Å². The van der Waals surface area contributed by atoms with Gasteiger partial charge in [-0.2, -0.15) is 13.2 Å². The quantitative estimate of drug-likeness (QED) is 0.629. The minimum atomic E-state index is -4.57. The van der Waals surface area contributed by atoms with Gasteiger partial charge in [-0.3, -0.25) is 19.3 Å². The molecule has 0 radical (unpaired) electrons. The number of nitrogens with one attached hydrogen (secondary N) is 2. The molecule has 2 aliphatic heterocycles. The lowest BCUT2D eigenvalue weighted by molar-refractivity contribution is -0.137. The molecule has 2 saturated heterocycles. The predicted molar refractivity (Wildman–Crippen MR) is 110 cm³/mol. The van der Waals surface area contributed by atoms with E-state index in [4.69, 9.17) is 0 Å². The molecule has 0 bridgehead atoms. The summed E-state index contributed by atoms with van der Waals surface area (Å²) in [5.74, 6) is -1.29. The molecule has 178 valence electrons. The number of hydrogen-bond donors (Lipinski definition) is 2. The Hall–Kier alpha value is -3.11. The third kappa shape index (κ3) is 4.67. The van der Waals surface area contributed by atoms with Gasteiger partial charge in [0.15, 0.2) is 0 Å². The largest absolute Gasteiger partial charge is 0.416 e. The van der Waals surface area contributed by atoms with E-state index in [2.05, 4.69) is 10.6 Å². The Balaban J connectivity index is 1.51. The molecule has 1 aromatic carbocycles. The predicted octanol–water partition coefficient (Wildman–Crippen LogP) is 2.35. The van der Waals surface area contributed by atoms with Crippen LogP contribution >= 0.6 is 0 Å². The molecule has 3 aliphatic rings. The highest BCUT2D eigenvalue weighted by Crippen LogP contribution is 2.35. The number of halogens is 3. The highest BCUT2D eigenvalue weighted by Gasteiger charge is 2.52. The molecule has 2 heterocycles. The van der Waals surface area contributed by atoms with Gasteiger partial charge in [-0.05, 0) is 37.0 Å². The minimum absolute atomic E-state index is 0.00400. The Bertz CT molecular complexity index is 975. The molecule has 2 N–H and O–H groups in total. The van der Waals surface area contributed by atoms with E-state index in [1.165, 1.54) is 17.0 Å². The van der Waals surface area contributed by atoms with Crippen LogP contribution in [0.5, 0.6) is 0 Å². The normalized spacial score (nSPS) is 21.1. The van der Waals surface area contributed by atoms with Crippen LogP contribution in [0.2, 0.25) is 0 Å². The lowest BCUT2D eigenvalue weighted by atomic mass is 9.98. The van der Waals surface area contributed by atoms with Crippen molar-refractivity contribution >= 4 is 23.8 Å². The highest BCUT2D eigenvalue weighted by molar-refractivity contribution is 6.09. The second kappa shape index (κ2) is 8.68. The molecule has 1 aromatic rings. The molecule has 1 atom stereocenters. The van der Waals surface area contributed by atoms with Crippen LogP contribution in [0.4, 0.5) is 18.0 Å². The Morgan fingerprint density at radius 2 is 1.88 bits per heavy atom. The second-order valence-corrected chi connectivity index (χ2v) is 8.80. The van der Waals surface area contributed by atoms with Crippen LogP contribution in [0, 0.1) is 0 Å². The van der Waals surface area contributed by atoms with Gasteiger partial charge in [-0.1, -0.05) is 25.0 Å². The van der Waals surface area contributed by atoms with E-state index in [1.807, 2.05) is 0 Å². The van der Waals surface area contributed by atoms with Crippen molar-refractivity contribution in [3.63, 3.8) is 0 Å². The second-order valence-electron chi connectivity index (χ2n) is 8.80. The molecular formula is C22H25F3N4O4. The Morgan fingerprint density at radius 3 is 2.52 bits per heavy atom. The first kappa shape index (κ1) is 23.1. The van der Waals surface area contributed by atoms with Gasteiger partial charge in [-0.25, -0.2) is 4.79 Å². The number of urea groups is 1. The number of alkyl halides is 3. The lowest BCUT2D eigenvalue weighted by Crippen LogP contribution is -2.46. The summed E-state index contributed by atoms with van der Waals surface area (Å²) in [7, 11) is 0. The number of carbonyl (C=O) groups is 4. The summed E-state index contributed by atoms with van der Waals surface area (Å²) in [5.41, 5.74) is -1.65. The number of hydrogen-bond acceptors (Lipinski definition) is 4. The van der Waals surface area contributed by atoms with E-state index in [0.717, 1.165) is 29.9 Å². The summed E-state index contributed by atoms with van der Waals surface area (Å²) >= 11 is 0. The van der Waals surface area contributed by atoms with Gasteiger partial charge in [0, 0.05) is 19.5 Å². The highest BCUT2D eigenvalue weighted by atomic mass is 19.4. The van der Waals surface area contributed by atoms with Gasteiger partial charge < -0.3 is 15.5 Å². The van der Waals surface area contributed by atoms with E-state index in [0.29, 0.717) is 32.2 Å². The molecule has 1 unspecified atom stereocenters. The topological polar surface area (TPSA) is 98.8 Å². The number of likely N-dealkylation sites (tertiary alicyclic amines) is 1. The summed E-state index contributed by atoms with van der Waals surface area (Å²) < 4.78 is 39.7. The molecule has 8 nitrogen and oxygen atoms in total. The zero-order chi connectivity index (χ0) is 23.8.